The highest BCUT2D eigenvalue weighted by Crippen LogP contribution is 2.19. The van der Waals surface area contributed by atoms with Crippen LogP contribution in [-0.2, 0) is 13.2 Å². The molecule has 0 aliphatic carbocycles. The average Bonchev–Trinajstić information content (AvgIpc) is 2.72. The van der Waals surface area contributed by atoms with Crippen molar-refractivity contribution in [3.05, 3.63) is 94.5 Å². The molecule has 1 amide bonds. The Morgan fingerprint density at radius 3 is 2.48 bits per heavy atom. The Hall–Kier alpha value is -2.98. The fourth-order valence-electron chi connectivity index (χ4n) is 2.53. The summed E-state index contributed by atoms with van der Waals surface area (Å²) in [5.74, 6) is 1.24. The molecule has 27 heavy (non-hydrogen) atoms. The Morgan fingerprint density at radius 1 is 0.963 bits per heavy atom. The summed E-state index contributed by atoms with van der Waals surface area (Å²) in [4.78, 5) is 12.4. The largest absolute Gasteiger partial charge is 0.497 e. The normalized spacial score (nSPS) is 10.3. The lowest BCUT2D eigenvalue weighted by molar-refractivity contribution is 0.0950. The van der Waals surface area contributed by atoms with Crippen molar-refractivity contribution < 1.29 is 14.3 Å². The number of halogens is 1. The Kier molecular flexibility index (Phi) is 6.34. The molecule has 0 unspecified atom stereocenters. The Labute approximate surface area is 163 Å². The predicted octanol–water partition coefficient (Wildman–Crippen LogP) is 4.86. The lowest BCUT2D eigenvalue weighted by Gasteiger charge is -2.10. The highest BCUT2D eigenvalue weighted by molar-refractivity contribution is 6.31. The van der Waals surface area contributed by atoms with Crippen LogP contribution < -0.4 is 14.8 Å². The summed E-state index contributed by atoms with van der Waals surface area (Å²) < 4.78 is 10.9. The van der Waals surface area contributed by atoms with E-state index >= 15 is 0 Å². The van der Waals surface area contributed by atoms with E-state index in [4.69, 9.17) is 21.1 Å². The molecular formula is C22H20ClNO3. The third kappa shape index (κ3) is 5.25. The standard InChI is InChI=1S/C22H20ClNO3/c1-26-19-11-9-16(10-12-19)14-24-22(25)17-6-4-7-20(13-17)27-15-18-5-2-3-8-21(18)23/h2-13H,14-15H2,1H3,(H,24,25). The first-order valence-corrected chi connectivity index (χ1v) is 8.91. The second-order valence-electron chi connectivity index (χ2n) is 5.94. The van der Waals surface area contributed by atoms with Crippen molar-refractivity contribution in [2.75, 3.05) is 7.11 Å². The summed E-state index contributed by atoms with van der Waals surface area (Å²) in [7, 11) is 1.62. The van der Waals surface area contributed by atoms with Gasteiger partial charge in [-0.2, -0.15) is 0 Å². The average molecular weight is 382 g/mol. The number of nitrogens with one attached hydrogen (secondary N) is 1. The molecule has 3 aromatic rings. The number of hydrogen-bond acceptors (Lipinski definition) is 3. The minimum Gasteiger partial charge on any atom is -0.497 e. The molecule has 138 valence electrons. The summed E-state index contributed by atoms with van der Waals surface area (Å²) in [5, 5.41) is 3.56. The Balaban J connectivity index is 1.58. The van der Waals surface area contributed by atoms with Gasteiger partial charge in [-0.25, -0.2) is 0 Å². The molecule has 5 heteroatoms. The first-order chi connectivity index (χ1) is 13.2. The van der Waals surface area contributed by atoms with Crippen molar-refractivity contribution in [1.82, 2.24) is 5.32 Å². The van der Waals surface area contributed by atoms with E-state index in [1.807, 2.05) is 54.6 Å². The van der Waals surface area contributed by atoms with Crippen LogP contribution in [0.2, 0.25) is 5.02 Å². The van der Waals surface area contributed by atoms with Gasteiger partial charge in [0.15, 0.2) is 0 Å². The molecule has 0 aliphatic heterocycles. The van der Waals surface area contributed by atoms with E-state index in [0.29, 0.717) is 29.5 Å². The van der Waals surface area contributed by atoms with Crippen LogP contribution >= 0.6 is 11.6 Å². The van der Waals surface area contributed by atoms with E-state index in [2.05, 4.69) is 5.32 Å². The minimum atomic E-state index is -0.158. The van der Waals surface area contributed by atoms with Gasteiger partial charge in [-0.05, 0) is 42.0 Å². The van der Waals surface area contributed by atoms with E-state index in [9.17, 15) is 4.79 Å². The Bertz CT molecular complexity index is 909. The molecule has 0 saturated carbocycles. The van der Waals surface area contributed by atoms with Crippen LogP contribution in [-0.4, -0.2) is 13.0 Å². The molecule has 0 saturated heterocycles. The van der Waals surface area contributed by atoms with Crippen LogP contribution in [0, 0.1) is 0 Å². The zero-order valence-corrected chi connectivity index (χ0v) is 15.7. The van der Waals surface area contributed by atoms with Crippen LogP contribution in [0.15, 0.2) is 72.8 Å². The fraction of sp³-hybridized carbons (Fsp3) is 0.136. The summed E-state index contributed by atoms with van der Waals surface area (Å²) in [6.07, 6.45) is 0. The first-order valence-electron chi connectivity index (χ1n) is 8.53. The van der Waals surface area contributed by atoms with Gasteiger partial charge < -0.3 is 14.8 Å². The number of hydrogen-bond donors (Lipinski definition) is 1. The first kappa shape index (κ1) is 18.8. The number of ether oxygens (including phenoxy) is 2. The van der Waals surface area contributed by atoms with E-state index in [1.54, 1.807) is 25.3 Å². The van der Waals surface area contributed by atoms with Gasteiger partial charge in [0.05, 0.1) is 7.11 Å². The molecule has 0 atom stereocenters. The quantitative estimate of drug-likeness (QED) is 0.636. The van der Waals surface area contributed by atoms with Gasteiger partial charge in [0.2, 0.25) is 0 Å². The smallest absolute Gasteiger partial charge is 0.251 e. The van der Waals surface area contributed by atoms with Crippen LogP contribution in [0.3, 0.4) is 0 Å². The molecule has 0 spiro atoms. The van der Waals surface area contributed by atoms with Crippen molar-refractivity contribution in [3.63, 3.8) is 0 Å². The third-order valence-corrected chi connectivity index (χ3v) is 4.43. The van der Waals surface area contributed by atoms with Crippen LogP contribution in [0.5, 0.6) is 11.5 Å². The monoisotopic (exact) mass is 381 g/mol. The van der Waals surface area contributed by atoms with E-state index in [-0.39, 0.29) is 5.91 Å². The molecule has 0 fully saturated rings. The minimum absolute atomic E-state index is 0.158. The third-order valence-electron chi connectivity index (χ3n) is 4.06. The zero-order chi connectivity index (χ0) is 19.1. The molecule has 0 bridgehead atoms. The maximum atomic E-state index is 12.4. The number of methoxy groups -OCH3 is 1. The van der Waals surface area contributed by atoms with Crippen LogP contribution in [0.25, 0.3) is 0 Å². The second kappa shape index (κ2) is 9.10. The van der Waals surface area contributed by atoms with Crippen molar-refractivity contribution in [3.8, 4) is 11.5 Å². The molecule has 0 heterocycles. The summed E-state index contributed by atoms with van der Waals surface area (Å²) in [6, 6.07) is 22.2. The number of benzene rings is 3. The lowest BCUT2D eigenvalue weighted by atomic mass is 10.1. The van der Waals surface area contributed by atoms with E-state index in [0.717, 1.165) is 16.9 Å². The maximum Gasteiger partial charge on any atom is 0.251 e. The number of rotatable bonds is 7. The molecule has 1 N–H and O–H groups in total. The number of carbonyl (C=O) groups is 1. The Morgan fingerprint density at radius 2 is 1.74 bits per heavy atom. The van der Waals surface area contributed by atoms with Crippen molar-refractivity contribution >= 4 is 17.5 Å². The zero-order valence-electron chi connectivity index (χ0n) is 14.9. The second-order valence-corrected chi connectivity index (χ2v) is 6.35. The SMILES string of the molecule is COc1ccc(CNC(=O)c2cccc(OCc3ccccc3Cl)c2)cc1. The molecule has 0 radical (unpaired) electrons. The topological polar surface area (TPSA) is 47.6 Å². The molecule has 3 aromatic carbocycles. The maximum absolute atomic E-state index is 12.4. The fourth-order valence-corrected chi connectivity index (χ4v) is 2.72. The van der Waals surface area contributed by atoms with E-state index in [1.165, 1.54) is 0 Å². The van der Waals surface area contributed by atoms with Crippen LogP contribution in [0.4, 0.5) is 0 Å². The summed E-state index contributed by atoms with van der Waals surface area (Å²) in [6.45, 7) is 0.782. The van der Waals surface area contributed by atoms with E-state index < -0.39 is 0 Å². The number of amides is 1. The summed E-state index contributed by atoms with van der Waals surface area (Å²) >= 11 is 6.14. The van der Waals surface area contributed by atoms with Crippen LogP contribution in [0.1, 0.15) is 21.5 Å². The van der Waals surface area contributed by atoms with Crippen molar-refractivity contribution in [2.45, 2.75) is 13.2 Å². The van der Waals surface area contributed by atoms with Gasteiger partial charge in [0.1, 0.15) is 18.1 Å². The van der Waals surface area contributed by atoms with Crippen molar-refractivity contribution in [2.24, 2.45) is 0 Å². The van der Waals surface area contributed by atoms with Gasteiger partial charge in [-0.1, -0.05) is 48.0 Å². The van der Waals surface area contributed by atoms with Gasteiger partial charge in [-0.15, -0.1) is 0 Å². The number of carbonyl (C=O) groups excluding carboxylic acids is 1. The van der Waals surface area contributed by atoms with Gasteiger partial charge >= 0.3 is 0 Å². The predicted molar refractivity (Wildman–Crippen MR) is 106 cm³/mol. The molecular weight excluding hydrogens is 362 g/mol. The molecule has 3 rings (SSSR count). The molecule has 4 nitrogen and oxygen atoms in total. The summed E-state index contributed by atoms with van der Waals surface area (Å²) in [5.41, 5.74) is 2.43. The highest BCUT2D eigenvalue weighted by Gasteiger charge is 2.08. The molecule has 0 aliphatic rings. The lowest BCUT2D eigenvalue weighted by Crippen LogP contribution is -2.22. The highest BCUT2D eigenvalue weighted by atomic mass is 35.5. The van der Waals surface area contributed by atoms with Gasteiger partial charge in [-0.3, -0.25) is 4.79 Å². The van der Waals surface area contributed by atoms with Gasteiger partial charge in [0, 0.05) is 22.7 Å². The van der Waals surface area contributed by atoms with Crippen molar-refractivity contribution in [1.29, 1.82) is 0 Å². The molecule has 0 aromatic heterocycles. The van der Waals surface area contributed by atoms with Gasteiger partial charge in [0.25, 0.3) is 5.91 Å².